The monoisotopic (exact) mass is 251 g/mol. The van der Waals surface area contributed by atoms with Crippen LogP contribution in [0, 0.1) is 5.92 Å². The number of aromatic nitrogens is 2. The first kappa shape index (κ1) is 13.6. The highest BCUT2D eigenvalue weighted by molar-refractivity contribution is 5.08. The van der Waals surface area contributed by atoms with Crippen molar-refractivity contribution in [3.05, 3.63) is 18.2 Å². The average Bonchev–Trinajstić information content (AvgIpc) is 2.79. The quantitative estimate of drug-likeness (QED) is 0.872. The second kappa shape index (κ2) is 6.34. The molecule has 1 aromatic rings. The fourth-order valence-electron chi connectivity index (χ4n) is 2.70. The van der Waals surface area contributed by atoms with E-state index in [1.165, 1.54) is 18.5 Å². The van der Waals surface area contributed by atoms with Crippen LogP contribution >= 0.6 is 0 Å². The lowest BCUT2D eigenvalue weighted by Gasteiger charge is -2.26. The Morgan fingerprint density at radius 3 is 2.94 bits per heavy atom. The number of nitrogens with zero attached hydrogens (tertiary/aromatic N) is 2. The molecule has 1 aromatic heterocycles. The van der Waals surface area contributed by atoms with Gasteiger partial charge < -0.3 is 15.0 Å². The van der Waals surface area contributed by atoms with Crippen LogP contribution in [0.15, 0.2) is 12.5 Å². The fraction of sp³-hybridized carbons (Fsp3) is 0.786. The van der Waals surface area contributed by atoms with Crippen LogP contribution in [0.2, 0.25) is 0 Å². The summed E-state index contributed by atoms with van der Waals surface area (Å²) in [6, 6.07) is 0. The lowest BCUT2D eigenvalue weighted by molar-refractivity contribution is 0.00534. The minimum absolute atomic E-state index is 0.345. The number of nitrogens with two attached hydrogens (primary N) is 1. The standard InChI is InChI=1S/C14H25N3O/c1-11(2)13(7-15)14-8-16-10-17(14)9-12-5-3-4-6-18-12/h8,10-13H,3-7,9,15H2,1-2H3. The maximum absolute atomic E-state index is 5.89. The Morgan fingerprint density at radius 1 is 1.50 bits per heavy atom. The van der Waals surface area contributed by atoms with E-state index in [2.05, 4.69) is 23.4 Å². The van der Waals surface area contributed by atoms with Gasteiger partial charge in [-0.3, -0.25) is 0 Å². The average molecular weight is 251 g/mol. The van der Waals surface area contributed by atoms with Crippen molar-refractivity contribution >= 4 is 0 Å². The van der Waals surface area contributed by atoms with Gasteiger partial charge >= 0.3 is 0 Å². The van der Waals surface area contributed by atoms with Gasteiger partial charge in [0.25, 0.3) is 0 Å². The molecule has 18 heavy (non-hydrogen) atoms. The van der Waals surface area contributed by atoms with Gasteiger partial charge in [0.15, 0.2) is 0 Å². The van der Waals surface area contributed by atoms with Crippen molar-refractivity contribution in [3.8, 4) is 0 Å². The lowest BCUT2D eigenvalue weighted by atomic mass is 9.93. The molecule has 1 aliphatic rings. The van der Waals surface area contributed by atoms with Crippen molar-refractivity contribution in [2.75, 3.05) is 13.2 Å². The van der Waals surface area contributed by atoms with Crippen LogP contribution in [0.1, 0.15) is 44.7 Å². The van der Waals surface area contributed by atoms with Crippen molar-refractivity contribution in [2.45, 2.75) is 51.7 Å². The molecular formula is C14H25N3O. The molecule has 0 aliphatic carbocycles. The summed E-state index contributed by atoms with van der Waals surface area (Å²) in [5, 5.41) is 0. The molecule has 2 N–H and O–H groups in total. The summed E-state index contributed by atoms with van der Waals surface area (Å²) < 4.78 is 8.03. The van der Waals surface area contributed by atoms with Gasteiger partial charge in [-0.15, -0.1) is 0 Å². The Balaban J connectivity index is 2.06. The molecule has 102 valence electrons. The number of hydrogen-bond acceptors (Lipinski definition) is 3. The molecule has 0 radical (unpaired) electrons. The van der Waals surface area contributed by atoms with Crippen molar-refractivity contribution in [1.82, 2.24) is 9.55 Å². The highest BCUT2D eigenvalue weighted by atomic mass is 16.5. The van der Waals surface area contributed by atoms with E-state index in [1.807, 2.05) is 12.5 Å². The van der Waals surface area contributed by atoms with E-state index in [1.54, 1.807) is 0 Å². The molecule has 2 rings (SSSR count). The van der Waals surface area contributed by atoms with Crippen LogP contribution in [0.25, 0.3) is 0 Å². The van der Waals surface area contributed by atoms with E-state index in [0.29, 0.717) is 24.5 Å². The van der Waals surface area contributed by atoms with Gasteiger partial charge in [-0.1, -0.05) is 13.8 Å². The lowest BCUT2D eigenvalue weighted by Crippen LogP contribution is -2.27. The third kappa shape index (κ3) is 3.12. The summed E-state index contributed by atoms with van der Waals surface area (Å²) in [4.78, 5) is 4.29. The maximum atomic E-state index is 5.89. The van der Waals surface area contributed by atoms with Gasteiger partial charge in [-0.2, -0.15) is 0 Å². The minimum Gasteiger partial charge on any atom is -0.376 e. The van der Waals surface area contributed by atoms with Crippen LogP contribution in [-0.2, 0) is 11.3 Å². The summed E-state index contributed by atoms with van der Waals surface area (Å²) in [6.07, 6.45) is 7.85. The second-order valence-electron chi connectivity index (χ2n) is 5.55. The van der Waals surface area contributed by atoms with Gasteiger partial charge in [-0.05, 0) is 25.2 Å². The minimum atomic E-state index is 0.345. The topological polar surface area (TPSA) is 53.1 Å². The first-order valence-corrected chi connectivity index (χ1v) is 7.04. The first-order chi connectivity index (χ1) is 8.72. The molecule has 2 unspecified atom stereocenters. The Labute approximate surface area is 110 Å². The summed E-state index contributed by atoms with van der Waals surface area (Å²) in [5.41, 5.74) is 7.15. The molecule has 0 aromatic carbocycles. The van der Waals surface area contributed by atoms with Crippen LogP contribution < -0.4 is 5.73 Å². The van der Waals surface area contributed by atoms with Crippen molar-refractivity contribution < 1.29 is 4.74 Å². The molecule has 0 amide bonds. The van der Waals surface area contributed by atoms with Crippen molar-refractivity contribution in [1.29, 1.82) is 0 Å². The molecule has 1 aliphatic heterocycles. The summed E-state index contributed by atoms with van der Waals surface area (Å²) >= 11 is 0. The van der Waals surface area contributed by atoms with Gasteiger partial charge in [0.2, 0.25) is 0 Å². The molecule has 1 saturated heterocycles. The SMILES string of the molecule is CC(C)C(CN)c1cncn1CC1CCCCO1. The third-order valence-corrected chi connectivity index (χ3v) is 3.86. The van der Waals surface area contributed by atoms with E-state index < -0.39 is 0 Å². The van der Waals surface area contributed by atoms with Crippen LogP contribution in [0.4, 0.5) is 0 Å². The van der Waals surface area contributed by atoms with Gasteiger partial charge in [-0.25, -0.2) is 4.98 Å². The van der Waals surface area contributed by atoms with E-state index in [0.717, 1.165) is 19.6 Å². The van der Waals surface area contributed by atoms with Crippen LogP contribution in [0.3, 0.4) is 0 Å². The van der Waals surface area contributed by atoms with Gasteiger partial charge in [0.1, 0.15) is 0 Å². The molecule has 4 heteroatoms. The molecule has 0 saturated carbocycles. The highest BCUT2D eigenvalue weighted by Gasteiger charge is 2.21. The zero-order valence-corrected chi connectivity index (χ0v) is 11.5. The largest absolute Gasteiger partial charge is 0.376 e. The first-order valence-electron chi connectivity index (χ1n) is 7.04. The van der Waals surface area contributed by atoms with E-state index in [4.69, 9.17) is 10.5 Å². The maximum Gasteiger partial charge on any atom is 0.0949 e. The summed E-state index contributed by atoms with van der Waals surface area (Å²) in [6.45, 7) is 6.92. The molecular weight excluding hydrogens is 226 g/mol. The van der Waals surface area contributed by atoms with E-state index in [9.17, 15) is 0 Å². The number of imidazole rings is 1. The molecule has 2 heterocycles. The number of hydrogen-bond donors (Lipinski definition) is 1. The van der Waals surface area contributed by atoms with Crippen molar-refractivity contribution in [3.63, 3.8) is 0 Å². The zero-order valence-electron chi connectivity index (χ0n) is 11.5. The number of ether oxygens (including phenoxy) is 1. The molecule has 2 atom stereocenters. The smallest absolute Gasteiger partial charge is 0.0949 e. The molecule has 1 fully saturated rings. The Kier molecular flexibility index (Phi) is 4.78. The van der Waals surface area contributed by atoms with E-state index >= 15 is 0 Å². The van der Waals surface area contributed by atoms with Crippen LogP contribution in [0.5, 0.6) is 0 Å². The summed E-state index contributed by atoms with van der Waals surface area (Å²) in [7, 11) is 0. The Hall–Kier alpha value is -0.870. The summed E-state index contributed by atoms with van der Waals surface area (Å²) in [5.74, 6) is 0.925. The number of rotatable bonds is 5. The Bertz CT molecular complexity index is 356. The van der Waals surface area contributed by atoms with Crippen LogP contribution in [-0.4, -0.2) is 28.8 Å². The Morgan fingerprint density at radius 2 is 2.33 bits per heavy atom. The predicted octanol–water partition coefficient (Wildman–Crippen LogP) is 2.15. The molecule has 4 nitrogen and oxygen atoms in total. The molecule has 0 bridgehead atoms. The van der Waals surface area contributed by atoms with E-state index in [-0.39, 0.29) is 0 Å². The predicted molar refractivity (Wildman–Crippen MR) is 72.5 cm³/mol. The second-order valence-corrected chi connectivity index (χ2v) is 5.55. The third-order valence-electron chi connectivity index (χ3n) is 3.86. The zero-order chi connectivity index (χ0) is 13.0. The highest BCUT2D eigenvalue weighted by Crippen LogP contribution is 2.24. The van der Waals surface area contributed by atoms with Gasteiger partial charge in [0, 0.05) is 31.0 Å². The van der Waals surface area contributed by atoms with Gasteiger partial charge in [0.05, 0.1) is 19.0 Å². The van der Waals surface area contributed by atoms with Crippen molar-refractivity contribution in [2.24, 2.45) is 11.7 Å². The fourth-order valence-corrected chi connectivity index (χ4v) is 2.70. The molecule has 0 spiro atoms. The normalized spacial score (nSPS) is 22.3.